The first-order chi connectivity index (χ1) is 13.7. The fraction of sp³-hybridized carbons (Fsp3) is 0.118. The van der Waals surface area contributed by atoms with Crippen molar-refractivity contribution < 1.29 is 26.7 Å². The molecule has 1 atom stereocenters. The molecule has 1 aromatic carbocycles. The van der Waals surface area contributed by atoms with Crippen molar-refractivity contribution in [3.05, 3.63) is 58.2 Å². The van der Waals surface area contributed by atoms with Crippen LogP contribution in [0.5, 0.6) is 0 Å². The average Bonchev–Trinajstić information content (AvgIpc) is 2.68. The number of nitrogens with zero attached hydrogens (tertiary/aromatic N) is 1. The molecule has 0 radical (unpaired) electrons. The Labute approximate surface area is 177 Å². The summed E-state index contributed by atoms with van der Waals surface area (Å²) in [6.07, 6.45) is -1.02. The number of nitrogens with one attached hydrogen (secondary N) is 3. The van der Waals surface area contributed by atoms with Crippen molar-refractivity contribution in [2.24, 2.45) is 0 Å². The molecule has 0 saturated carbocycles. The maximum atomic E-state index is 14.6. The Kier molecular flexibility index (Phi) is 8.03. The topological polar surface area (TPSA) is 77.9 Å². The number of carbonyl (C=O) groups excluding carboxylic acids is 1. The predicted octanol–water partition coefficient (Wildman–Crippen LogP) is 5.91. The monoisotopic (exact) mass is 542 g/mol. The number of rotatable bonds is 7. The van der Waals surface area contributed by atoms with E-state index in [0.717, 1.165) is 19.2 Å². The second-order valence-corrected chi connectivity index (χ2v) is 7.59. The Morgan fingerprint density at radius 3 is 2.52 bits per heavy atom. The van der Waals surface area contributed by atoms with Gasteiger partial charge in [0.05, 0.1) is 17.6 Å². The van der Waals surface area contributed by atoms with E-state index in [4.69, 9.17) is 5.41 Å². The highest BCUT2D eigenvalue weighted by Gasteiger charge is 2.22. The Morgan fingerprint density at radius 2 is 1.93 bits per heavy atom. The van der Waals surface area contributed by atoms with Crippen LogP contribution in [0.15, 0.2) is 24.2 Å². The van der Waals surface area contributed by atoms with E-state index in [1.165, 1.54) is 6.07 Å². The van der Waals surface area contributed by atoms with Crippen molar-refractivity contribution in [3.8, 4) is 0 Å². The summed E-state index contributed by atoms with van der Waals surface area (Å²) >= 11 is 1.94. The molecule has 12 heteroatoms. The Balaban J connectivity index is 2.39. The fourth-order valence-electron chi connectivity index (χ4n) is 2.31. The van der Waals surface area contributed by atoms with Crippen LogP contribution < -0.4 is 10.4 Å². The van der Waals surface area contributed by atoms with Crippen molar-refractivity contribution >= 4 is 58.0 Å². The molecule has 0 saturated heterocycles. The van der Waals surface area contributed by atoms with Crippen LogP contribution in [0, 0.1) is 24.0 Å². The first-order valence-corrected chi connectivity index (χ1v) is 11.9. The SMILES string of the molecule is Cc1c(F)cnc(C(F)F)c1NC(=O)/C(F)=C/c1ccc(C=N)c(NPI)c1F. The lowest BCUT2D eigenvalue weighted by molar-refractivity contribution is -0.114. The van der Waals surface area contributed by atoms with E-state index < -0.39 is 41.2 Å². The fourth-order valence-corrected chi connectivity index (χ4v) is 3.47. The summed E-state index contributed by atoms with van der Waals surface area (Å²) < 4.78 is 68.6. The normalized spacial score (nSPS) is 11.9. The number of amides is 1. The molecule has 1 heterocycles. The Bertz CT molecular complexity index is 987. The molecule has 0 aliphatic carbocycles. The Morgan fingerprint density at radius 1 is 1.28 bits per heavy atom. The largest absolute Gasteiger partial charge is 0.356 e. The molecule has 2 rings (SSSR count). The van der Waals surface area contributed by atoms with Gasteiger partial charge in [-0.05, 0) is 35.0 Å². The predicted molar refractivity (Wildman–Crippen MR) is 112 cm³/mol. The highest BCUT2D eigenvalue weighted by Crippen LogP contribution is 2.32. The molecule has 0 aliphatic heterocycles. The summed E-state index contributed by atoms with van der Waals surface area (Å²) in [6, 6.07) is 2.51. The standard InChI is InChI=1S/C17H13F5IN4OP/c1-7-11(19)6-25-15(16(21)22)13(7)26-17(28)10(18)4-8-2-3-9(5-24)14(12(8)20)27-29-23/h2-6,16,24,27,29H,1H3,(H,26,28)/b10-4-,24-5?. The molecule has 1 amide bonds. The highest BCUT2D eigenvalue weighted by molar-refractivity contribution is 14.2. The van der Waals surface area contributed by atoms with Crippen LogP contribution in [0.3, 0.4) is 0 Å². The third kappa shape index (κ3) is 5.27. The van der Waals surface area contributed by atoms with Crippen molar-refractivity contribution in [2.45, 2.75) is 13.3 Å². The molecule has 29 heavy (non-hydrogen) atoms. The molecule has 0 spiro atoms. The van der Waals surface area contributed by atoms with Gasteiger partial charge in [-0.1, -0.05) is 12.1 Å². The minimum absolute atomic E-state index is 0.0418. The Hall–Kier alpha value is -2.14. The first-order valence-electron chi connectivity index (χ1n) is 7.77. The summed E-state index contributed by atoms with van der Waals surface area (Å²) in [7, 11) is 0. The number of carbonyl (C=O) groups is 1. The van der Waals surface area contributed by atoms with Gasteiger partial charge in [0.2, 0.25) is 0 Å². The second-order valence-electron chi connectivity index (χ2n) is 5.54. The lowest BCUT2D eigenvalue weighted by Crippen LogP contribution is -2.16. The minimum atomic E-state index is -3.13. The molecule has 0 aliphatic rings. The van der Waals surface area contributed by atoms with Crippen LogP contribution in [0.4, 0.5) is 33.3 Å². The van der Waals surface area contributed by atoms with Gasteiger partial charge in [0.15, 0.2) is 11.6 Å². The van der Waals surface area contributed by atoms with E-state index in [1.54, 1.807) is 0 Å². The number of halogens is 6. The molecule has 0 bridgehead atoms. The average molecular weight is 542 g/mol. The summed E-state index contributed by atoms with van der Waals surface area (Å²) in [5.74, 6) is -4.81. The lowest BCUT2D eigenvalue weighted by atomic mass is 10.1. The van der Waals surface area contributed by atoms with E-state index in [-0.39, 0.29) is 28.8 Å². The van der Waals surface area contributed by atoms with E-state index in [2.05, 4.69) is 10.1 Å². The summed E-state index contributed by atoms with van der Waals surface area (Å²) in [5.41, 5.74) is -2.03. The second kappa shape index (κ2) is 10.1. The van der Waals surface area contributed by atoms with Crippen LogP contribution in [0.25, 0.3) is 6.08 Å². The molecule has 154 valence electrons. The smallest absolute Gasteiger partial charge is 0.284 e. The zero-order valence-corrected chi connectivity index (χ0v) is 17.7. The van der Waals surface area contributed by atoms with Gasteiger partial charge in [-0.15, -0.1) is 0 Å². The maximum Gasteiger partial charge on any atom is 0.284 e. The molecular formula is C17H13F5IN4OP. The molecule has 1 unspecified atom stereocenters. The first kappa shape index (κ1) is 23.1. The van der Waals surface area contributed by atoms with Gasteiger partial charge < -0.3 is 15.8 Å². The quantitative estimate of drug-likeness (QED) is 0.134. The van der Waals surface area contributed by atoms with Crippen molar-refractivity contribution in [1.82, 2.24) is 4.98 Å². The van der Waals surface area contributed by atoms with Gasteiger partial charge in [-0.3, -0.25) is 4.79 Å². The summed E-state index contributed by atoms with van der Waals surface area (Å²) in [4.78, 5) is 15.3. The van der Waals surface area contributed by atoms with E-state index in [1.807, 2.05) is 27.4 Å². The number of hydrogen-bond acceptors (Lipinski definition) is 4. The third-order valence-electron chi connectivity index (χ3n) is 3.78. The van der Waals surface area contributed by atoms with Crippen LogP contribution in [-0.2, 0) is 4.79 Å². The molecule has 0 fully saturated rings. The van der Waals surface area contributed by atoms with Crippen molar-refractivity contribution in [2.75, 3.05) is 10.4 Å². The lowest BCUT2D eigenvalue weighted by Gasteiger charge is -2.13. The van der Waals surface area contributed by atoms with Crippen LogP contribution in [0.1, 0.15) is 28.8 Å². The number of anilines is 2. The van der Waals surface area contributed by atoms with Gasteiger partial charge in [-0.2, -0.15) is 0 Å². The van der Waals surface area contributed by atoms with E-state index in [0.29, 0.717) is 12.3 Å². The summed E-state index contributed by atoms with van der Waals surface area (Å²) in [5, 5.41) is 11.9. The van der Waals surface area contributed by atoms with Gasteiger partial charge in [0.25, 0.3) is 12.3 Å². The summed E-state index contributed by atoms with van der Waals surface area (Å²) in [6.45, 7) is 1.12. The molecule has 1 aromatic heterocycles. The van der Waals surface area contributed by atoms with E-state index in [9.17, 15) is 26.7 Å². The van der Waals surface area contributed by atoms with E-state index >= 15 is 0 Å². The van der Waals surface area contributed by atoms with Gasteiger partial charge in [0.1, 0.15) is 11.5 Å². The molecule has 5 nitrogen and oxygen atoms in total. The zero-order valence-electron chi connectivity index (χ0n) is 14.6. The highest BCUT2D eigenvalue weighted by atomic mass is 127. The van der Waals surface area contributed by atoms with Crippen LogP contribution in [0.2, 0.25) is 0 Å². The number of aromatic nitrogens is 1. The minimum Gasteiger partial charge on any atom is -0.356 e. The number of pyridine rings is 1. The molecule has 3 N–H and O–H groups in total. The number of hydrogen-bond donors (Lipinski definition) is 3. The van der Waals surface area contributed by atoms with Gasteiger partial charge in [-0.25, -0.2) is 26.9 Å². The van der Waals surface area contributed by atoms with Gasteiger partial charge in [0, 0.05) is 29.3 Å². The van der Waals surface area contributed by atoms with Crippen molar-refractivity contribution in [1.29, 1.82) is 5.41 Å². The maximum absolute atomic E-state index is 14.6. The number of alkyl halides is 2. The van der Waals surface area contributed by atoms with Crippen LogP contribution in [-0.4, -0.2) is 17.1 Å². The zero-order chi connectivity index (χ0) is 21.7. The number of benzene rings is 1. The molecular weight excluding hydrogens is 529 g/mol. The van der Waals surface area contributed by atoms with Gasteiger partial charge >= 0.3 is 0 Å². The molecule has 2 aromatic rings. The third-order valence-corrected chi connectivity index (χ3v) is 4.94. The van der Waals surface area contributed by atoms with Crippen molar-refractivity contribution in [3.63, 3.8) is 0 Å². The van der Waals surface area contributed by atoms with Crippen LogP contribution >= 0.6 is 28.4 Å².